The molecule has 1 aromatic heterocycles. The second-order valence-corrected chi connectivity index (χ2v) is 6.33. The fourth-order valence-electron chi connectivity index (χ4n) is 2.73. The van der Waals surface area contributed by atoms with Gasteiger partial charge in [-0.3, -0.25) is 0 Å². The first kappa shape index (κ1) is 17.6. The van der Waals surface area contributed by atoms with Crippen LogP contribution in [0.4, 0.5) is 4.39 Å². The summed E-state index contributed by atoms with van der Waals surface area (Å²) in [6, 6.07) is 19.2. The summed E-state index contributed by atoms with van der Waals surface area (Å²) < 4.78 is 13.6. The van der Waals surface area contributed by atoms with Crippen LogP contribution in [0.5, 0.6) is 0 Å². The lowest BCUT2D eigenvalue weighted by Gasteiger charge is -2.09. The molecule has 0 aliphatic rings. The van der Waals surface area contributed by atoms with Gasteiger partial charge in [-0.15, -0.1) is 0 Å². The van der Waals surface area contributed by atoms with E-state index in [0.717, 1.165) is 24.0 Å². The Morgan fingerprint density at radius 3 is 2.48 bits per heavy atom. The molecule has 3 rings (SSSR count). The Balaban J connectivity index is 1.57. The van der Waals surface area contributed by atoms with Crippen LogP contribution < -0.4 is 5.32 Å². The first-order valence-electron chi connectivity index (χ1n) is 8.34. The van der Waals surface area contributed by atoms with Gasteiger partial charge in [0, 0.05) is 18.3 Å². The lowest BCUT2D eigenvalue weighted by Crippen LogP contribution is -2.17. The number of rotatable bonds is 7. The van der Waals surface area contributed by atoms with Gasteiger partial charge < -0.3 is 5.32 Å². The second kappa shape index (κ2) is 8.75. The van der Waals surface area contributed by atoms with Gasteiger partial charge in [-0.25, -0.2) is 9.37 Å². The van der Waals surface area contributed by atoms with E-state index in [-0.39, 0.29) is 5.82 Å². The molecule has 2 nitrogen and oxygen atoms in total. The maximum Gasteiger partial charge on any atom is 0.132 e. The monoisotopic (exact) mass is 354 g/mol. The van der Waals surface area contributed by atoms with Gasteiger partial charge in [-0.05, 0) is 42.1 Å². The summed E-state index contributed by atoms with van der Waals surface area (Å²) in [6.07, 6.45) is 3.41. The molecule has 0 radical (unpaired) electrons. The van der Waals surface area contributed by atoms with E-state index in [9.17, 15) is 4.39 Å². The number of halogens is 2. The van der Waals surface area contributed by atoms with E-state index in [2.05, 4.69) is 28.5 Å². The molecule has 0 amide bonds. The van der Waals surface area contributed by atoms with E-state index in [1.165, 1.54) is 11.6 Å². The number of hydrogen-bond acceptors (Lipinski definition) is 2. The smallest absolute Gasteiger partial charge is 0.132 e. The number of nitrogens with one attached hydrogen (secondary N) is 1. The molecule has 128 valence electrons. The Morgan fingerprint density at radius 2 is 1.68 bits per heavy atom. The molecule has 1 N–H and O–H groups in total. The third kappa shape index (κ3) is 5.12. The minimum Gasteiger partial charge on any atom is -0.312 e. The number of nitrogens with zero attached hydrogens (tertiary/aromatic N) is 1. The van der Waals surface area contributed by atoms with Crippen LogP contribution in [-0.4, -0.2) is 11.5 Å². The first-order valence-corrected chi connectivity index (χ1v) is 8.71. The summed E-state index contributed by atoms with van der Waals surface area (Å²) in [5.74, 6) is -0.181. The molecule has 0 aliphatic heterocycles. The average molecular weight is 355 g/mol. The maximum atomic E-state index is 13.6. The van der Waals surface area contributed by atoms with Gasteiger partial charge in [0.25, 0.3) is 0 Å². The molecule has 3 aromatic rings. The second-order valence-electron chi connectivity index (χ2n) is 5.97. The summed E-state index contributed by atoms with van der Waals surface area (Å²) in [7, 11) is 0. The van der Waals surface area contributed by atoms with Crippen molar-refractivity contribution in [1.82, 2.24) is 10.3 Å². The Morgan fingerprint density at radius 1 is 0.920 bits per heavy atom. The Hall–Kier alpha value is -2.23. The highest BCUT2D eigenvalue weighted by atomic mass is 35.5. The van der Waals surface area contributed by atoms with E-state index >= 15 is 0 Å². The molecule has 0 saturated heterocycles. The molecule has 25 heavy (non-hydrogen) atoms. The highest BCUT2D eigenvalue weighted by molar-refractivity contribution is 6.30. The molecule has 1 heterocycles. The molecule has 0 unspecified atom stereocenters. The number of benzene rings is 2. The molecular weight excluding hydrogens is 335 g/mol. The highest BCUT2D eigenvalue weighted by Gasteiger charge is 2.05. The third-order valence-electron chi connectivity index (χ3n) is 4.06. The van der Waals surface area contributed by atoms with Crippen LogP contribution in [0.15, 0.2) is 66.9 Å². The molecule has 4 heteroatoms. The van der Waals surface area contributed by atoms with Crippen molar-refractivity contribution >= 4 is 11.6 Å². The van der Waals surface area contributed by atoms with Gasteiger partial charge in [0.2, 0.25) is 0 Å². The Kier molecular flexibility index (Phi) is 6.15. The summed E-state index contributed by atoms with van der Waals surface area (Å²) in [6.45, 7) is 1.21. The first-order chi connectivity index (χ1) is 12.2. The minimum atomic E-state index is -0.181. The van der Waals surface area contributed by atoms with Crippen molar-refractivity contribution in [2.75, 3.05) is 6.54 Å². The average Bonchev–Trinajstić information content (AvgIpc) is 2.63. The van der Waals surface area contributed by atoms with Crippen LogP contribution in [0.25, 0.3) is 0 Å². The van der Waals surface area contributed by atoms with Crippen LogP contribution in [0.3, 0.4) is 0 Å². The molecule has 0 atom stereocenters. The molecule has 0 spiro atoms. The van der Waals surface area contributed by atoms with Crippen molar-refractivity contribution in [2.45, 2.75) is 19.4 Å². The predicted octanol–water partition coefficient (Wildman–Crippen LogP) is 4.80. The Labute approximate surface area is 152 Å². The van der Waals surface area contributed by atoms with Gasteiger partial charge in [-0.1, -0.05) is 66.2 Å². The summed E-state index contributed by atoms with van der Waals surface area (Å²) >= 11 is 6.22. The fourth-order valence-corrected chi connectivity index (χ4v) is 2.93. The topological polar surface area (TPSA) is 24.9 Å². The van der Waals surface area contributed by atoms with Crippen molar-refractivity contribution in [2.24, 2.45) is 0 Å². The van der Waals surface area contributed by atoms with E-state index in [1.807, 2.05) is 30.5 Å². The summed E-state index contributed by atoms with van der Waals surface area (Å²) in [5.41, 5.74) is 4.07. The molecular formula is C21H20ClFN2. The Bertz CT molecular complexity index is 821. The predicted molar refractivity (Wildman–Crippen MR) is 100 cm³/mol. The van der Waals surface area contributed by atoms with Crippen molar-refractivity contribution in [3.05, 3.63) is 100 Å². The van der Waals surface area contributed by atoms with Crippen LogP contribution in [0.1, 0.15) is 22.3 Å². The van der Waals surface area contributed by atoms with Gasteiger partial charge in [-0.2, -0.15) is 0 Å². The molecule has 0 aliphatic carbocycles. The largest absolute Gasteiger partial charge is 0.312 e. The summed E-state index contributed by atoms with van der Waals surface area (Å²) in [4.78, 5) is 4.30. The van der Waals surface area contributed by atoms with E-state index in [0.29, 0.717) is 23.8 Å². The zero-order valence-electron chi connectivity index (χ0n) is 13.9. The van der Waals surface area contributed by atoms with E-state index < -0.39 is 0 Å². The number of hydrogen-bond donors (Lipinski definition) is 1. The number of aromatic nitrogens is 1. The lowest BCUT2D eigenvalue weighted by molar-refractivity contribution is 0.588. The fraction of sp³-hybridized carbons (Fsp3) is 0.190. The SMILES string of the molecule is Fc1ccccc1CNCCc1cc(Cc2ccccc2)cnc1Cl. The normalized spacial score (nSPS) is 10.8. The van der Waals surface area contributed by atoms with Crippen molar-refractivity contribution in [1.29, 1.82) is 0 Å². The van der Waals surface area contributed by atoms with Crippen molar-refractivity contribution in [3.8, 4) is 0 Å². The van der Waals surface area contributed by atoms with Crippen LogP contribution >= 0.6 is 11.6 Å². The van der Waals surface area contributed by atoms with E-state index in [1.54, 1.807) is 12.1 Å². The zero-order chi connectivity index (χ0) is 17.5. The van der Waals surface area contributed by atoms with E-state index in [4.69, 9.17) is 11.6 Å². The zero-order valence-corrected chi connectivity index (χ0v) is 14.6. The quantitative estimate of drug-likeness (QED) is 0.487. The van der Waals surface area contributed by atoms with Gasteiger partial charge in [0.15, 0.2) is 0 Å². The lowest BCUT2D eigenvalue weighted by atomic mass is 10.0. The molecule has 0 saturated carbocycles. The standard InChI is InChI=1S/C21H20ClFN2/c22-21-18(10-11-24-15-19-8-4-5-9-20(19)23)13-17(14-25-21)12-16-6-2-1-3-7-16/h1-9,13-14,24H,10-12,15H2. The van der Waals surface area contributed by atoms with Crippen LogP contribution in [0, 0.1) is 5.82 Å². The molecule has 2 aromatic carbocycles. The summed E-state index contributed by atoms with van der Waals surface area (Å²) in [5, 5.41) is 3.79. The van der Waals surface area contributed by atoms with Gasteiger partial charge in [0.05, 0.1) is 0 Å². The highest BCUT2D eigenvalue weighted by Crippen LogP contribution is 2.17. The van der Waals surface area contributed by atoms with Gasteiger partial charge >= 0.3 is 0 Å². The van der Waals surface area contributed by atoms with Crippen molar-refractivity contribution < 1.29 is 4.39 Å². The van der Waals surface area contributed by atoms with Gasteiger partial charge in [0.1, 0.15) is 11.0 Å². The molecule has 0 bridgehead atoms. The third-order valence-corrected chi connectivity index (χ3v) is 4.40. The van der Waals surface area contributed by atoms with Crippen molar-refractivity contribution in [3.63, 3.8) is 0 Å². The maximum absolute atomic E-state index is 13.6. The van der Waals surface area contributed by atoms with Crippen LogP contribution in [-0.2, 0) is 19.4 Å². The minimum absolute atomic E-state index is 0.181. The van der Waals surface area contributed by atoms with Crippen LogP contribution in [0.2, 0.25) is 5.15 Å². The molecule has 0 fully saturated rings. The number of pyridine rings is 1.